The first kappa shape index (κ1) is 34.4. The molecule has 13 atom stereocenters. The molecular weight excluding hydrogens is 727 g/mol. The zero-order chi connectivity index (χ0) is 33.4. The van der Waals surface area contributed by atoms with Crippen molar-refractivity contribution in [2.75, 3.05) is 6.61 Å². The van der Waals surface area contributed by atoms with E-state index in [0.717, 1.165) is 0 Å². The molecule has 0 N–H and O–H groups in total. The number of epoxide rings is 1. The maximum atomic E-state index is 13.4. The monoisotopic (exact) mass is 766 g/mol. The van der Waals surface area contributed by atoms with E-state index in [1.807, 2.05) is 13.8 Å². The average Bonchev–Trinajstić information content (AvgIpc) is 3.66. The van der Waals surface area contributed by atoms with Crippen molar-refractivity contribution in [2.45, 2.75) is 118 Å². The van der Waals surface area contributed by atoms with Crippen LogP contribution in [0.3, 0.4) is 0 Å². The minimum absolute atomic E-state index is 0.00141. The summed E-state index contributed by atoms with van der Waals surface area (Å²) in [5.74, 6) is -5.06. The number of ether oxygens (including phenoxy) is 7. The quantitative estimate of drug-likeness (QED) is 0.0975. The standard InChI is InChI=1S/C31H40ClIO12/c1-12(2)9-20(37)43-19-10-18(40-15(5)34)29(8)24(30(19)11-39-30)27(42-17(7)36)31-14(4)28(38)44-25(31)21(32)13(3)23(45-31)22(33)26(29)41-16(6)35/h12,14,18-19,21-27H,3,9-11H2,1-2,4-8H3/t14-,18-,19+,21-,22?,23+,24+,25-,26-,27-,29-,30+,31-/m0/s1. The molecule has 1 aliphatic carbocycles. The molecule has 5 rings (SSSR count). The van der Waals surface area contributed by atoms with Gasteiger partial charge in [0.05, 0.1) is 33.3 Å². The fraction of sp³-hybridized carbons (Fsp3) is 0.774. The van der Waals surface area contributed by atoms with Gasteiger partial charge in [-0.3, -0.25) is 24.0 Å². The lowest BCUT2D eigenvalue weighted by atomic mass is 9.50. The Morgan fingerprint density at radius 3 is 2.13 bits per heavy atom. The van der Waals surface area contributed by atoms with Crippen LogP contribution in [-0.4, -0.2) is 93.6 Å². The summed E-state index contributed by atoms with van der Waals surface area (Å²) in [5, 5.41) is -0.959. The van der Waals surface area contributed by atoms with Crippen molar-refractivity contribution in [3.05, 3.63) is 12.2 Å². The molecule has 0 radical (unpaired) electrons. The molecule has 4 aliphatic heterocycles. The Morgan fingerprint density at radius 2 is 1.60 bits per heavy atom. The molecule has 0 amide bonds. The van der Waals surface area contributed by atoms with Crippen molar-refractivity contribution in [1.82, 2.24) is 0 Å². The first-order chi connectivity index (χ1) is 20.9. The van der Waals surface area contributed by atoms with E-state index in [4.69, 9.17) is 44.8 Å². The summed E-state index contributed by atoms with van der Waals surface area (Å²) in [6, 6.07) is 0. The lowest BCUT2D eigenvalue weighted by molar-refractivity contribution is -0.293. The molecule has 12 nitrogen and oxygen atoms in total. The fourth-order valence-corrected chi connectivity index (χ4v) is 10.0. The Bertz CT molecular complexity index is 1300. The van der Waals surface area contributed by atoms with Crippen molar-refractivity contribution in [3.63, 3.8) is 0 Å². The van der Waals surface area contributed by atoms with Crippen LogP contribution in [0.4, 0.5) is 0 Å². The van der Waals surface area contributed by atoms with Crippen molar-refractivity contribution < 1.29 is 57.1 Å². The van der Waals surface area contributed by atoms with E-state index in [9.17, 15) is 24.0 Å². The number of rotatable bonds is 6. The fourth-order valence-electron chi connectivity index (χ4n) is 8.10. The normalized spacial score (nSPS) is 44.9. The predicted octanol–water partition coefficient (Wildman–Crippen LogP) is 3.21. The molecule has 2 spiro atoms. The third-order valence-electron chi connectivity index (χ3n) is 10.1. The topological polar surface area (TPSA) is 153 Å². The molecule has 0 aromatic heterocycles. The summed E-state index contributed by atoms with van der Waals surface area (Å²) in [5.41, 5.74) is -3.94. The second-order valence-electron chi connectivity index (χ2n) is 13.4. The van der Waals surface area contributed by atoms with Gasteiger partial charge in [0.1, 0.15) is 30.0 Å². The van der Waals surface area contributed by atoms with Gasteiger partial charge in [-0.1, -0.05) is 49.9 Å². The summed E-state index contributed by atoms with van der Waals surface area (Å²) >= 11 is 9.12. The van der Waals surface area contributed by atoms with E-state index in [2.05, 4.69) is 29.2 Å². The van der Waals surface area contributed by atoms with E-state index in [0.29, 0.717) is 5.57 Å². The highest BCUT2D eigenvalue weighted by atomic mass is 127. The van der Waals surface area contributed by atoms with Gasteiger partial charge in [-0.25, -0.2) is 0 Å². The van der Waals surface area contributed by atoms with Gasteiger partial charge >= 0.3 is 29.8 Å². The lowest BCUT2D eigenvalue weighted by Gasteiger charge is -2.63. The molecule has 5 fully saturated rings. The molecule has 1 saturated carbocycles. The van der Waals surface area contributed by atoms with Gasteiger partial charge in [-0.05, 0) is 18.4 Å². The van der Waals surface area contributed by atoms with E-state index in [-0.39, 0.29) is 25.4 Å². The maximum Gasteiger partial charge on any atom is 0.312 e. The first-order valence-corrected chi connectivity index (χ1v) is 16.8. The predicted molar refractivity (Wildman–Crippen MR) is 164 cm³/mol. The van der Waals surface area contributed by atoms with Gasteiger partial charge < -0.3 is 33.2 Å². The summed E-state index contributed by atoms with van der Waals surface area (Å²) in [7, 11) is 0. The molecule has 0 aromatic rings. The number of carbonyl (C=O) groups is 5. The number of hydrogen-bond acceptors (Lipinski definition) is 12. The molecule has 4 saturated heterocycles. The average molecular weight is 767 g/mol. The zero-order valence-electron chi connectivity index (χ0n) is 26.3. The minimum Gasteiger partial charge on any atom is -0.462 e. The van der Waals surface area contributed by atoms with Crippen molar-refractivity contribution in [2.24, 2.45) is 23.2 Å². The number of hydrogen-bond donors (Lipinski definition) is 0. The van der Waals surface area contributed by atoms with Crippen LogP contribution in [0, 0.1) is 23.2 Å². The highest BCUT2D eigenvalue weighted by Gasteiger charge is 2.82. The number of fused-ring (bicyclic) bond motifs is 3. The van der Waals surface area contributed by atoms with Crippen molar-refractivity contribution >= 4 is 64.0 Å². The van der Waals surface area contributed by atoms with Gasteiger partial charge in [0.15, 0.2) is 11.7 Å². The van der Waals surface area contributed by atoms with Crippen LogP contribution in [0.5, 0.6) is 0 Å². The minimum atomic E-state index is -1.67. The number of carbonyl (C=O) groups excluding carboxylic acids is 5. The summed E-state index contributed by atoms with van der Waals surface area (Å²) < 4.78 is 42.6. The van der Waals surface area contributed by atoms with Gasteiger partial charge in [0, 0.05) is 39.5 Å². The molecular formula is C31H40ClIO12. The Balaban J connectivity index is 1.82. The van der Waals surface area contributed by atoms with Crippen LogP contribution in [0.1, 0.15) is 61.3 Å². The van der Waals surface area contributed by atoms with Crippen molar-refractivity contribution in [1.29, 1.82) is 0 Å². The highest BCUT2D eigenvalue weighted by molar-refractivity contribution is 14.1. The second-order valence-corrected chi connectivity index (χ2v) is 15.4. The van der Waals surface area contributed by atoms with E-state index in [1.165, 1.54) is 20.8 Å². The highest BCUT2D eigenvalue weighted by Crippen LogP contribution is 2.66. The third-order valence-corrected chi connectivity index (χ3v) is 11.9. The first-order valence-electron chi connectivity index (χ1n) is 15.1. The number of halogens is 2. The second kappa shape index (κ2) is 11.9. The number of alkyl halides is 2. The lowest BCUT2D eigenvalue weighted by Crippen LogP contribution is -2.78. The smallest absolute Gasteiger partial charge is 0.312 e. The van der Waals surface area contributed by atoms with Crippen LogP contribution >= 0.6 is 34.2 Å². The molecule has 0 aromatic carbocycles. The Morgan fingerprint density at radius 1 is 1.02 bits per heavy atom. The third kappa shape index (κ3) is 5.37. The van der Waals surface area contributed by atoms with Crippen LogP contribution < -0.4 is 0 Å². The Hall–Kier alpha value is -1.97. The summed E-state index contributed by atoms with van der Waals surface area (Å²) in [6.45, 7) is 15.1. The SMILES string of the molecule is C=C1[C@H]2O[C@]3([C@@H](C)C(=O)O[C@H]3[C@H]1Cl)[C@@H](OC(C)=O)[C@H]1[C@@]3(CO3)[C@H](OC(=O)CC(C)C)C[C@H](OC(C)=O)[C@]1(C)[C@@H](OC(C)=O)C2I. The maximum absolute atomic E-state index is 13.4. The van der Waals surface area contributed by atoms with E-state index in [1.54, 1.807) is 13.8 Å². The van der Waals surface area contributed by atoms with Crippen LogP contribution in [0.25, 0.3) is 0 Å². The van der Waals surface area contributed by atoms with Crippen molar-refractivity contribution in [3.8, 4) is 0 Å². The van der Waals surface area contributed by atoms with Gasteiger partial charge in [-0.2, -0.15) is 0 Å². The molecule has 14 heteroatoms. The van der Waals surface area contributed by atoms with Gasteiger partial charge in [-0.15, -0.1) is 11.6 Å². The molecule has 1 unspecified atom stereocenters. The van der Waals surface area contributed by atoms with Crippen LogP contribution in [-0.2, 0) is 57.1 Å². The Labute approximate surface area is 280 Å². The molecule has 250 valence electrons. The van der Waals surface area contributed by atoms with Gasteiger partial charge in [0.2, 0.25) is 0 Å². The van der Waals surface area contributed by atoms with E-state index < -0.39 is 104 Å². The summed E-state index contributed by atoms with van der Waals surface area (Å²) in [4.78, 5) is 65.0. The van der Waals surface area contributed by atoms with Gasteiger partial charge in [0.25, 0.3) is 0 Å². The van der Waals surface area contributed by atoms with Crippen LogP contribution in [0.2, 0.25) is 0 Å². The molecule has 2 bridgehead atoms. The summed E-state index contributed by atoms with van der Waals surface area (Å²) in [6.07, 6.45) is -6.28. The zero-order valence-corrected chi connectivity index (χ0v) is 29.2. The van der Waals surface area contributed by atoms with Crippen LogP contribution in [0.15, 0.2) is 12.2 Å². The van der Waals surface area contributed by atoms with E-state index >= 15 is 0 Å². The Kier molecular flexibility index (Phi) is 9.11. The molecule has 5 aliphatic rings. The largest absolute Gasteiger partial charge is 0.462 e. The molecule has 4 heterocycles. The number of esters is 5. The molecule has 45 heavy (non-hydrogen) atoms.